The minimum atomic E-state index is -0.235. The van der Waals surface area contributed by atoms with Gasteiger partial charge in [0.1, 0.15) is 5.69 Å². The molecule has 0 unspecified atom stereocenters. The van der Waals surface area contributed by atoms with Crippen LogP contribution in [0.4, 0.5) is 11.5 Å². The first-order valence-electron chi connectivity index (χ1n) is 7.06. The Labute approximate surface area is 112 Å². The van der Waals surface area contributed by atoms with Gasteiger partial charge in [-0.05, 0) is 44.7 Å². The number of hydrogen-bond acceptors (Lipinski definition) is 5. The largest absolute Gasteiger partial charge is 0.391 e. The van der Waals surface area contributed by atoms with E-state index in [0.29, 0.717) is 17.8 Å². The third-order valence-electron chi connectivity index (χ3n) is 4.04. The summed E-state index contributed by atoms with van der Waals surface area (Å²) in [6, 6.07) is 0.520. The third-order valence-corrected chi connectivity index (χ3v) is 4.04. The van der Waals surface area contributed by atoms with E-state index in [0.717, 1.165) is 19.6 Å². The standard InChI is InChI=1S/C13H21N5O/c14-11-12(16-8-17-13(11)19)18(10-1-2-10)7-9-3-5-15-6-4-9/h8-10,15H,1-7,14H2,(H,16,17,19). The van der Waals surface area contributed by atoms with Gasteiger partial charge in [-0.3, -0.25) is 4.79 Å². The van der Waals surface area contributed by atoms with E-state index in [1.54, 1.807) is 0 Å². The highest BCUT2D eigenvalue weighted by atomic mass is 16.1. The maximum Gasteiger partial charge on any atom is 0.276 e. The molecular formula is C13H21N5O. The zero-order valence-corrected chi connectivity index (χ0v) is 11.1. The molecule has 0 radical (unpaired) electrons. The van der Waals surface area contributed by atoms with Crippen LogP contribution in [0.3, 0.4) is 0 Å². The van der Waals surface area contributed by atoms with Crippen LogP contribution in [0.15, 0.2) is 11.1 Å². The highest BCUT2D eigenvalue weighted by Crippen LogP contribution is 2.33. The average molecular weight is 263 g/mol. The van der Waals surface area contributed by atoms with Gasteiger partial charge in [0, 0.05) is 12.6 Å². The van der Waals surface area contributed by atoms with Gasteiger partial charge >= 0.3 is 0 Å². The summed E-state index contributed by atoms with van der Waals surface area (Å²) in [4.78, 5) is 20.7. The Morgan fingerprint density at radius 2 is 2.05 bits per heavy atom. The fraction of sp³-hybridized carbons (Fsp3) is 0.692. The minimum absolute atomic E-state index is 0.235. The van der Waals surface area contributed by atoms with Crippen LogP contribution in [-0.4, -0.2) is 35.6 Å². The van der Waals surface area contributed by atoms with Gasteiger partial charge in [-0.1, -0.05) is 0 Å². The molecule has 0 bridgehead atoms. The van der Waals surface area contributed by atoms with Crippen LogP contribution in [0.5, 0.6) is 0 Å². The van der Waals surface area contributed by atoms with Crippen molar-refractivity contribution < 1.29 is 0 Å². The Bertz CT molecular complexity index is 490. The fourth-order valence-electron chi connectivity index (χ4n) is 2.77. The van der Waals surface area contributed by atoms with Gasteiger partial charge in [0.15, 0.2) is 5.82 Å². The Balaban J connectivity index is 1.80. The second kappa shape index (κ2) is 5.21. The molecule has 1 aliphatic heterocycles. The van der Waals surface area contributed by atoms with Crippen molar-refractivity contribution in [1.82, 2.24) is 15.3 Å². The summed E-state index contributed by atoms with van der Waals surface area (Å²) >= 11 is 0. The number of aromatic nitrogens is 2. The topological polar surface area (TPSA) is 87.0 Å². The van der Waals surface area contributed by atoms with Crippen LogP contribution in [-0.2, 0) is 0 Å². The van der Waals surface area contributed by atoms with E-state index in [4.69, 9.17) is 5.73 Å². The first-order valence-corrected chi connectivity index (χ1v) is 7.06. The van der Waals surface area contributed by atoms with E-state index in [2.05, 4.69) is 20.2 Å². The van der Waals surface area contributed by atoms with Gasteiger partial charge in [-0.25, -0.2) is 4.98 Å². The van der Waals surface area contributed by atoms with Crippen molar-refractivity contribution in [3.8, 4) is 0 Å². The molecule has 0 aromatic carbocycles. The van der Waals surface area contributed by atoms with Crippen molar-refractivity contribution in [2.24, 2.45) is 5.92 Å². The van der Waals surface area contributed by atoms with E-state index in [1.807, 2.05) is 0 Å². The summed E-state index contributed by atoms with van der Waals surface area (Å²) in [5, 5.41) is 3.38. The van der Waals surface area contributed by atoms with Crippen LogP contribution in [0, 0.1) is 5.92 Å². The SMILES string of the molecule is Nc1c(N(CC2CCNCC2)C2CC2)nc[nH]c1=O. The van der Waals surface area contributed by atoms with E-state index in [-0.39, 0.29) is 11.2 Å². The molecule has 19 heavy (non-hydrogen) atoms. The molecule has 104 valence electrons. The Morgan fingerprint density at radius 1 is 1.32 bits per heavy atom. The van der Waals surface area contributed by atoms with Crippen LogP contribution in [0.2, 0.25) is 0 Å². The first kappa shape index (κ1) is 12.5. The van der Waals surface area contributed by atoms with Crippen molar-refractivity contribution in [3.05, 3.63) is 16.7 Å². The number of nitrogens with one attached hydrogen (secondary N) is 2. The number of anilines is 2. The molecular weight excluding hydrogens is 242 g/mol. The zero-order chi connectivity index (χ0) is 13.2. The number of rotatable bonds is 4. The van der Waals surface area contributed by atoms with Crippen LogP contribution in [0.1, 0.15) is 25.7 Å². The Morgan fingerprint density at radius 3 is 2.74 bits per heavy atom. The monoisotopic (exact) mass is 263 g/mol. The number of nitrogen functional groups attached to an aromatic ring is 1. The third kappa shape index (κ3) is 2.73. The Kier molecular flexibility index (Phi) is 3.42. The summed E-state index contributed by atoms with van der Waals surface area (Å²) in [6.07, 6.45) is 6.18. The smallest absolute Gasteiger partial charge is 0.276 e. The lowest BCUT2D eigenvalue weighted by Gasteiger charge is -2.31. The van der Waals surface area contributed by atoms with Crippen LogP contribution < -0.4 is 21.5 Å². The number of piperidine rings is 1. The molecule has 4 N–H and O–H groups in total. The molecule has 0 amide bonds. The highest BCUT2D eigenvalue weighted by molar-refractivity contribution is 5.62. The average Bonchev–Trinajstić information content (AvgIpc) is 3.25. The molecule has 1 aromatic heterocycles. The maximum atomic E-state index is 11.6. The van der Waals surface area contributed by atoms with Gasteiger partial charge in [0.25, 0.3) is 5.56 Å². The number of hydrogen-bond donors (Lipinski definition) is 3. The molecule has 1 aromatic rings. The molecule has 1 saturated carbocycles. The number of nitrogens with zero attached hydrogens (tertiary/aromatic N) is 2. The highest BCUT2D eigenvalue weighted by Gasteiger charge is 2.33. The van der Waals surface area contributed by atoms with Crippen LogP contribution in [0.25, 0.3) is 0 Å². The van der Waals surface area contributed by atoms with E-state index < -0.39 is 0 Å². The van der Waals surface area contributed by atoms with Gasteiger partial charge in [-0.2, -0.15) is 0 Å². The van der Waals surface area contributed by atoms with Crippen LogP contribution >= 0.6 is 0 Å². The number of nitrogens with two attached hydrogens (primary N) is 1. The van der Waals surface area contributed by atoms with Crippen molar-refractivity contribution in [2.45, 2.75) is 31.7 Å². The molecule has 3 rings (SSSR count). The molecule has 2 heterocycles. The zero-order valence-electron chi connectivity index (χ0n) is 11.1. The normalized spacial score (nSPS) is 20.4. The predicted octanol–water partition coefficient (Wildman–Crippen LogP) is 0.320. The van der Waals surface area contributed by atoms with Gasteiger partial charge in [0.05, 0.1) is 6.33 Å². The quantitative estimate of drug-likeness (QED) is 0.728. The molecule has 6 heteroatoms. The van der Waals surface area contributed by atoms with Crippen molar-refractivity contribution in [2.75, 3.05) is 30.3 Å². The summed E-state index contributed by atoms with van der Waals surface area (Å²) in [5.41, 5.74) is 5.91. The fourth-order valence-corrected chi connectivity index (χ4v) is 2.77. The molecule has 1 saturated heterocycles. The van der Waals surface area contributed by atoms with Crippen molar-refractivity contribution in [1.29, 1.82) is 0 Å². The Hall–Kier alpha value is -1.56. The van der Waals surface area contributed by atoms with Gasteiger partial charge < -0.3 is 20.9 Å². The molecule has 0 spiro atoms. The predicted molar refractivity (Wildman–Crippen MR) is 75.2 cm³/mol. The lowest BCUT2D eigenvalue weighted by atomic mass is 9.97. The second-order valence-electron chi connectivity index (χ2n) is 5.55. The van der Waals surface area contributed by atoms with Gasteiger partial charge in [0.2, 0.25) is 0 Å². The van der Waals surface area contributed by atoms with E-state index in [9.17, 15) is 4.79 Å². The molecule has 2 fully saturated rings. The summed E-state index contributed by atoms with van der Waals surface area (Å²) < 4.78 is 0. The molecule has 6 nitrogen and oxygen atoms in total. The lowest BCUT2D eigenvalue weighted by molar-refractivity contribution is 0.372. The maximum absolute atomic E-state index is 11.6. The van der Waals surface area contributed by atoms with Crippen molar-refractivity contribution >= 4 is 11.5 Å². The molecule has 1 aliphatic carbocycles. The lowest BCUT2D eigenvalue weighted by Crippen LogP contribution is -2.38. The number of aromatic amines is 1. The minimum Gasteiger partial charge on any atom is -0.391 e. The molecule has 0 atom stereocenters. The summed E-state index contributed by atoms with van der Waals surface area (Å²) in [5.74, 6) is 1.34. The second-order valence-corrected chi connectivity index (χ2v) is 5.55. The van der Waals surface area contributed by atoms with E-state index >= 15 is 0 Å². The molecule has 2 aliphatic rings. The summed E-state index contributed by atoms with van der Waals surface area (Å²) in [6.45, 7) is 3.13. The number of H-pyrrole nitrogens is 1. The van der Waals surface area contributed by atoms with E-state index in [1.165, 1.54) is 32.0 Å². The van der Waals surface area contributed by atoms with Crippen molar-refractivity contribution in [3.63, 3.8) is 0 Å². The summed E-state index contributed by atoms with van der Waals surface area (Å²) in [7, 11) is 0. The van der Waals surface area contributed by atoms with Gasteiger partial charge in [-0.15, -0.1) is 0 Å². The first-order chi connectivity index (χ1) is 9.25.